The van der Waals surface area contributed by atoms with Gasteiger partial charge in [0, 0.05) is 43.9 Å². The summed E-state index contributed by atoms with van der Waals surface area (Å²) in [4.78, 5) is 13.7. The lowest BCUT2D eigenvalue weighted by Gasteiger charge is -2.33. The summed E-state index contributed by atoms with van der Waals surface area (Å²) in [5.41, 5.74) is 1.16. The number of rotatable bonds is 6. The lowest BCUT2D eigenvalue weighted by atomic mass is 9.99. The second-order valence-corrected chi connectivity index (χ2v) is 7.83. The Labute approximate surface area is 172 Å². The number of hydrogen-bond acceptors (Lipinski definition) is 7. The molecule has 1 N–H and O–H groups in total. The van der Waals surface area contributed by atoms with E-state index in [1.54, 1.807) is 20.5 Å². The monoisotopic (exact) mass is 398 g/mol. The lowest BCUT2D eigenvalue weighted by molar-refractivity contribution is 0.208. The van der Waals surface area contributed by atoms with E-state index in [0.29, 0.717) is 5.92 Å². The summed E-state index contributed by atoms with van der Waals surface area (Å²) in [5.74, 6) is 3.85. The number of methoxy groups -OCH3 is 2. The van der Waals surface area contributed by atoms with E-state index < -0.39 is 0 Å². The van der Waals surface area contributed by atoms with Gasteiger partial charge in [-0.25, -0.2) is 9.97 Å². The molecule has 0 amide bonds. The third kappa shape index (κ3) is 4.10. The molecule has 2 saturated heterocycles. The highest BCUT2D eigenvalue weighted by Crippen LogP contribution is 2.41. The first-order valence-electron chi connectivity index (χ1n) is 10.4. The molecule has 0 bridgehead atoms. The number of aromatic nitrogens is 2. The molecule has 3 heterocycles. The van der Waals surface area contributed by atoms with E-state index in [4.69, 9.17) is 9.47 Å². The predicted octanol–water partition coefficient (Wildman–Crippen LogP) is 3.04. The first kappa shape index (κ1) is 19.8. The number of benzene rings is 1. The first-order chi connectivity index (χ1) is 14.2. The normalized spacial score (nSPS) is 22.0. The summed E-state index contributed by atoms with van der Waals surface area (Å²) in [5, 5.41) is 9.54. The molecule has 0 aliphatic carbocycles. The molecule has 29 heavy (non-hydrogen) atoms. The SMILES string of the molecule is COc1ccc(C2CCCN2c2cc(N3CCCC(CO)C3)ncn2)c(OC)c1. The highest BCUT2D eigenvalue weighted by Gasteiger charge is 2.30. The molecule has 2 atom stereocenters. The lowest BCUT2D eigenvalue weighted by Crippen LogP contribution is -2.37. The minimum Gasteiger partial charge on any atom is -0.497 e. The van der Waals surface area contributed by atoms with Crippen molar-refractivity contribution < 1.29 is 14.6 Å². The third-order valence-corrected chi connectivity index (χ3v) is 6.09. The minimum atomic E-state index is 0.213. The first-order valence-corrected chi connectivity index (χ1v) is 10.4. The molecular formula is C22H30N4O3. The maximum atomic E-state index is 9.54. The van der Waals surface area contributed by atoms with Gasteiger partial charge < -0.3 is 24.4 Å². The molecule has 0 radical (unpaired) electrons. The Morgan fingerprint density at radius 3 is 2.66 bits per heavy atom. The fraction of sp³-hybridized carbons (Fsp3) is 0.545. The molecule has 7 nitrogen and oxygen atoms in total. The average Bonchev–Trinajstić information content (AvgIpc) is 3.28. The van der Waals surface area contributed by atoms with Crippen LogP contribution in [-0.2, 0) is 0 Å². The van der Waals surface area contributed by atoms with Crippen LogP contribution in [0.5, 0.6) is 11.5 Å². The van der Waals surface area contributed by atoms with Crippen LogP contribution >= 0.6 is 0 Å². The Kier molecular flexibility index (Phi) is 6.04. The highest BCUT2D eigenvalue weighted by atomic mass is 16.5. The Bertz CT molecular complexity index is 831. The van der Waals surface area contributed by atoms with Crippen LogP contribution in [0.2, 0.25) is 0 Å². The molecule has 0 spiro atoms. The number of piperidine rings is 1. The van der Waals surface area contributed by atoms with E-state index in [9.17, 15) is 5.11 Å². The van der Waals surface area contributed by atoms with Gasteiger partial charge in [0.1, 0.15) is 29.5 Å². The molecule has 1 aromatic heterocycles. The van der Waals surface area contributed by atoms with Crippen LogP contribution in [0, 0.1) is 5.92 Å². The molecule has 7 heteroatoms. The number of nitrogens with zero attached hydrogens (tertiary/aromatic N) is 4. The molecular weight excluding hydrogens is 368 g/mol. The maximum absolute atomic E-state index is 9.54. The van der Waals surface area contributed by atoms with Crippen molar-refractivity contribution in [1.29, 1.82) is 0 Å². The molecule has 2 aliphatic heterocycles. The van der Waals surface area contributed by atoms with Gasteiger partial charge in [0.05, 0.1) is 20.3 Å². The van der Waals surface area contributed by atoms with E-state index in [1.807, 2.05) is 12.1 Å². The summed E-state index contributed by atoms with van der Waals surface area (Å²) in [6.45, 7) is 3.01. The van der Waals surface area contributed by atoms with Crippen LogP contribution in [0.1, 0.15) is 37.3 Å². The molecule has 156 valence electrons. The van der Waals surface area contributed by atoms with Gasteiger partial charge >= 0.3 is 0 Å². The van der Waals surface area contributed by atoms with Gasteiger partial charge in [0.2, 0.25) is 0 Å². The fourth-order valence-electron chi connectivity index (χ4n) is 4.55. The molecule has 2 aromatic rings. The molecule has 4 rings (SSSR count). The van der Waals surface area contributed by atoms with E-state index in [0.717, 1.165) is 74.0 Å². The summed E-state index contributed by atoms with van der Waals surface area (Å²) < 4.78 is 11.0. The fourth-order valence-corrected chi connectivity index (χ4v) is 4.55. The van der Waals surface area contributed by atoms with Crippen molar-refractivity contribution in [1.82, 2.24) is 9.97 Å². The van der Waals surface area contributed by atoms with Gasteiger partial charge in [-0.1, -0.05) is 0 Å². The standard InChI is InChI=1S/C22H30N4O3/c1-28-17-7-8-18(20(11-17)29-2)19-6-4-10-26(19)22-12-21(23-15-24-22)25-9-3-5-16(13-25)14-27/h7-8,11-12,15-16,19,27H,3-6,9-10,13-14H2,1-2H3. The van der Waals surface area contributed by atoms with E-state index in [-0.39, 0.29) is 12.6 Å². The van der Waals surface area contributed by atoms with Crippen LogP contribution in [0.15, 0.2) is 30.6 Å². The Balaban J connectivity index is 1.60. The van der Waals surface area contributed by atoms with Crippen molar-refractivity contribution in [2.24, 2.45) is 5.92 Å². The molecule has 2 unspecified atom stereocenters. The average molecular weight is 399 g/mol. The Hall–Kier alpha value is -2.54. The largest absolute Gasteiger partial charge is 0.497 e. The van der Waals surface area contributed by atoms with E-state index >= 15 is 0 Å². The summed E-state index contributed by atoms with van der Waals surface area (Å²) >= 11 is 0. The smallest absolute Gasteiger partial charge is 0.134 e. The zero-order valence-electron chi connectivity index (χ0n) is 17.3. The van der Waals surface area contributed by atoms with Crippen molar-refractivity contribution in [2.45, 2.75) is 31.7 Å². The number of aliphatic hydroxyl groups is 1. The molecule has 1 aromatic carbocycles. The van der Waals surface area contributed by atoms with Crippen molar-refractivity contribution in [3.05, 3.63) is 36.2 Å². The van der Waals surface area contributed by atoms with Crippen LogP contribution in [0.3, 0.4) is 0 Å². The van der Waals surface area contributed by atoms with Gasteiger partial charge in [0.15, 0.2) is 0 Å². The molecule has 2 fully saturated rings. The predicted molar refractivity (Wildman–Crippen MR) is 113 cm³/mol. The van der Waals surface area contributed by atoms with Crippen LogP contribution in [-0.4, -0.2) is 55.5 Å². The topological polar surface area (TPSA) is 71.0 Å². The maximum Gasteiger partial charge on any atom is 0.134 e. The summed E-state index contributed by atoms with van der Waals surface area (Å²) in [6.07, 6.45) is 5.98. The number of anilines is 2. The zero-order chi connectivity index (χ0) is 20.2. The second kappa shape index (κ2) is 8.86. The van der Waals surface area contributed by atoms with E-state index in [2.05, 4.69) is 31.9 Å². The third-order valence-electron chi connectivity index (χ3n) is 6.09. The minimum absolute atomic E-state index is 0.213. The van der Waals surface area contributed by atoms with Gasteiger partial charge in [-0.3, -0.25) is 0 Å². The Morgan fingerprint density at radius 2 is 1.86 bits per heavy atom. The number of ether oxygens (including phenoxy) is 2. The van der Waals surface area contributed by atoms with Crippen molar-refractivity contribution >= 4 is 11.6 Å². The van der Waals surface area contributed by atoms with Crippen LogP contribution in [0.4, 0.5) is 11.6 Å². The summed E-state index contributed by atoms with van der Waals surface area (Å²) in [6, 6.07) is 8.33. The quantitative estimate of drug-likeness (QED) is 0.802. The number of aliphatic hydroxyl groups excluding tert-OH is 1. The second-order valence-electron chi connectivity index (χ2n) is 7.83. The highest BCUT2D eigenvalue weighted by molar-refractivity contribution is 5.54. The van der Waals surface area contributed by atoms with Gasteiger partial charge in [-0.15, -0.1) is 0 Å². The van der Waals surface area contributed by atoms with Gasteiger partial charge in [0.25, 0.3) is 0 Å². The molecule has 2 aliphatic rings. The number of hydrogen-bond donors (Lipinski definition) is 1. The van der Waals surface area contributed by atoms with Gasteiger partial charge in [-0.05, 0) is 43.7 Å². The van der Waals surface area contributed by atoms with Crippen molar-refractivity contribution in [3.63, 3.8) is 0 Å². The van der Waals surface area contributed by atoms with Crippen molar-refractivity contribution in [3.8, 4) is 11.5 Å². The molecule has 0 saturated carbocycles. The van der Waals surface area contributed by atoms with Gasteiger partial charge in [-0.2, -0.15) is 0 Å². The summed E-state index contributed by atoms with van der Waals surface area (Å²) in [7, 11) is 3.37. The Morgan fingerprint density at radius 1 is 1.03 bits per heavy atom. The zero-order valence-corrected chi connectivity index (χ0v) is 17.3. The van der Waals surface area contributed by atoms with Crippen LogP contribution in [0.25, 0.3) is 0 Å². The van der Waals surface area contributed by atoms with Crippen molar-refractivity contribution in [2.75, 3.05) is 50.3 Å². The van der Waals surface area contributed by atoms with Crippen LogP contribution < -0.4 is 19.3 Å². The van der Waals surface area contributed by atoms with E-state index in [1.165, 1.54) is 0 Å².